The summed E-state index contributed by atoms with van der Waals surface area (Å²) in [5, 5.41) is 2.64. The highest BCUT2D eigenvalue weighted by Gasteiger charge is 2.25. The average molecular weight is 448 g/mol. The van der Waals surface area contributed by atoms with Crippen molar-refractivity contribution in [3.8, 4) is 5.69 Å². The van der Waals surface area contributed by atoms with Crippen molar-refractivity contribution in [3.05, 3.63) is 118 Å². The zero-order valence-corrected chi connectivity index (χ0v) is 19.4. The number of carbonyl (C=O) groups is 1. The Morgan fingerprint density at radius 1 is 0.882 bits per heavy atom. The zero-order valence-electron chi connectivity index (χ0n) is 19.4. The molecule has 5 heteroatoms. The van der Waals surface area contributed by atoms with Crippen molar-refractivity contribution < 1.29 is 4.79 Å². The second-order valence-electron chi connectivity index (χ2n) is 8.57. The molecule has 1 heterocycles. The predicted octanol–water partition coefficient (Wildman–Crippen LogP) is 5.68. The summed E-state index contributed by atoms with van der Waals surface area (Å²) in [5.74, 6) is 0.395. The summed E-state index contributed by atoms with van der Waals surface area (Å²) in [6.45, 7) is 3.87. The third-order valence-electron chi connectivity index (χ3n) is 6.43. The summed E-state index contributed by atoms with van der Waals surface area (Å²) >= 11 is 0. The van der Waals surface area contributed by atoms with Gasteiger partial charge in [0.15, 0.2) is 0 Å². The van der Waals surface area contributed by atoms with Crippen LogP contribution < -0.4 is 5.56 Å². The zero-order chi connectivity index (χ0) is 23.8. The van der Waals surface area contributed by atoms with Crippen LogP contribution in [-0.2, 0) is 0 Å². The van der Waals surface area contributed by atoms with Crippen LogP contribution in [0.1, 0.15) is 34.7 Å². The van der Waals surface area contributed by atoms with Crippen molar-refractivity contribution in [1.82, 2.24) is 14.5 Å². The van der Waals surface area contributed by atoms with Crippen LogP contribution in [0.3, 0.4) is 0 Å². The molecule has 168 valence electrons. The molecule has 0 N–H and O–H groups in total. The fraction of sp³-hybridized carbons (Fsp3) is 0.138. The Morgan fingerprint density at radius 3 is 2.35 bits per heavy atom. The third kappa shape index (κ3) is 3.65. The summed E-state index contributed by atoms with van der Waals surface area (Å²) in [7, 11) is 1.76. The highest BCUT2D eigenvalue weighted by molar-refractivity contribution is 5.98. The minimum atomic E-state index is -0.448. The van der Waals surface area contributed by atoms with Crippen molar-refractivity contribution >= 4 is 27.6 Å². The maximum Gasteiger partial charge on any atom is 0.266 e. The number of hydrogen-bond donors (Lipinski definition) is 0. The number of aromatic nitrogens is 2. The molecule has 0 aliphatic heterocycles. The number of benzene rings is 4. The molecule has 0 bridgehead atoms. The van der Waals surface area contributed by atoms with Gasteiger partial charge in [0.1, 0.15) is 5.82 Å². The van der Waals surface area contributed by atoms with E-state index in [1.165, 1.54) is 0 Å². The first-order chi connectivity index (χ1) is 16.5. The fourth-order valence-electron chi connectivity index (χ4n) is 4.35. The normalized spacial score (nSPS) is 12.1. The molecule has 1 aromatic heterocycles. The number of carbonyl (C=O) groups excluding carboxylic acids is 1. The van der Waals surface area contributed by atoms with E-state index < -0.39 is 6.04 Å². The summed E-state index contributed by atoms with van der Waals surface area (Å²) < 4.78 is 1.65. The first kappa shape index (κ1) is 21.6. The van der Waals surface area contributed by atoms with Gasteiger partial charge in [-0.1, -0.05) is 60.7 Å². The van der Waals surface area contributed by atoms with E-state index in [0.717, 1.165) is 22.0 Å². The highest BCUT2D eigenvalue weighted by Crippen LogP contribution is 2.25. The van der Waals surface area contributed by atoms with Crippen LogP contribution in [0.2, 0.25) is 0 Å². The molecule has 0 aliphatic rings. The smallest absolute Gasteiger partial charge is 0.266 e. The van der Waals surface area contributed by atoms with Gasteiger partial charge in [0.2, 0.25) is 0 Å². The Bertz CT molecular complexity index is 1600. The van der Waals surface area contributed by atoms with Gasteiger partial charge >= 0.3 is 0 Å². The van der Waals surface area contributed by atoms with Gasteiger partial charge in [-0.05, 0) is 60.5 Å². The minimum Gasteiger partial charge on any atom is -0.332 e. The van der Waals surface area contributed by atoms with Gasteiger partial charge in [-0.3, -0.25) is 14.2 Å². The molecule has 34 heavy (non-hydrogen) atoms. The van der Waals surface area contributed by atoms with Crippen LogP contribution >= 0.6 is 0 Å². The monoisotopic (exact) mass is 447 g/mol. The van der Waals surface area contributed by atoms with Gasteiger partial charge < -0.3 is 4.90 Å². The lowest BCUT2D eigenvalue weighted by atomic mass is 10.1. The number of amides is 1. The van der Waals surface area contributed by atoms with Crippen LogP contribution in [0, 0.1) is 6.92 Å². The van der Waals surface area contributed by atoms with E-state index in [0.29, 0.717) is 22.3 Å². The van der Waals surface area contributed by atoms with Crippen molar-refractivity contribution in [1.29, 1.82) is 0 Å². The van der Waals surface area contributed by atoms with Crippen LogP contribution in [0.15, 0.2) is 95.8 Å². The molecule has 5 aromatic rings. The summed E-state index contributed by atoms with van der Waals surface area (Å²) in [5.41, 5.74) is 2.79. The van der Waals surface area contributed by atoms with Crippen LogP contribution in [-0.4, -0.2) is 27.4 Å². The molecule has 1 atom stereocenters. The molecule has 1 unspecified atom stereocenters. The molecule has 4 aromatic carbocycles. The Labute approximate surface area is 197 Å². The average Bonchev–Trinajstić information content (AvgIpc) is 2.87. The van der Waals surface area contributed by atoms with Gasteiger partial charge in [0, 0.05) is 12.6 Å². The van der Waals surface area contributed by atoms with E-state index in [9.17, 15) is 9.59 Å². The topological polar surface area (TPSA) is 55.2 Å². The first-order valence-corrected chi connectivity index (χ1v) is 11.3. The Hall–Kier alpha value is -4.25. The molecule has 0 fully saturated rings. The number of aryl methyl sites for hydroxylation is 1. The number of nitrogens with zero attached hydrogens (tertiary/aromatic N) is 3. The number of fused-ring (bicyclic) bond motifs is 2. The van der Waals surface area contributed by atoms with E-state index >= 15 is 0 Å². The van der Waals surface area contributed by atoms with E-state index in [-0.39, 0.29) is 11.5 Å². The Morgan fingerprint density at radius 2 is 1.56 bits per heavy atom. The van der Waals surface area contributed by atoms with E-state index in [2.05, 4.69) is 0 Å². The molecule has 5 rings (SSSR count). The van der Waals surface area contributed by atoms with Crippen LogP contribution in [0.4, 0.5) is 0 Å². The fourth-order valence-corrected chi connectivity index (χ4v) is 4.35. The van der Waals surface area contributed by atoms with Gasteiger partial charge in [0.05, 0.1) is 22.6 Å². The molecule has 0 radical (unpaired) electrons. The summed E-state index contributed by atoms with van der Waals surface area (Å²) in [6, 6.07) is 28.3. The quantitative estimate of drug-likeness (QED) is 0.356. The van der Waals surface area contributed by atoms with Gasteiger partial charge in [-0.15, -0.1) is 0 Å². The van der Waals surface area contributed by atoms with E-state index in [4.69, 9.17) is 4.98 Å². The second-order valence-corrected chi connectivity index (χ2v) is 8.57. The number of rotatable bonds is 4. The lowest BCUT2D eigenvalue weighted by Crippen LogP contribution is -2.35. The molecular weight excluding hydrogens is 422 g/mol. The number of para-hydroxylation sites is 2. The van der Waals surface area contributed by atoms with Gasteiger partial charge in [-0.2, -0.15) is 0 Å². The van der Waals surface area contributed by atoms with Crippen molar-refractivity contribution in [2.45, 2.75) is 19.9 Å². The van der Waals surface area contributed by atoms with E-state index in [1.807, 2.05) is 98.8 Å². The van der Waals surface area contributed by atoms with Gasteiger partial charge in [-0.25, -0.2) is 4.98 Å². The highest BCUT2D eigenvalue weighted by atomic mass is 16.2. The van der Waals surface area contributed by atoms with Crippen LogP contribution in [0.5, 0.6) is 0 Å². The first-order valence-electron chi connectivity index (χ1n) is 11.3. The molecule has 0 saturated heterocycles. The molecule has 0 saturated carbocycles. The molecular formula is C29H25N3O2. The molecule has 1 amide bonds. The Balaban J connectivity index is 1.64. The standard InChI is InChI=1S/C29H25N3O2/c1-19-10-4-9-15-26(19)32-27(30-25-14-8-7-13-24(25)29(32)34)20(2)31(3)28(33)23-17-16-21-11-5-6-12-22(21)18-23/h4-18,20H,1-3H3. The Kier molecular flexibility index (Phi) is 5.46. The minimum absolute atomic E-state index is 0.128. The lowest BCUT2D eigenvalue weighted by molar-refractivity contribution is 0.0735. The van der Waals surface area contributed by atoms with Crippen molar-refractivity contribution in [2.75, 3.05) is 7.05 Å². The molecule has 5 nitrogen and oxygen atoms in total. The number of hydrogen-bond acceptors (Lipinski definition) is 3. The van der Waals surface area contributed by atoms with Gasteiger partial charge in [0.25, 0.3) is 11.5 Å². The predicted molar refractivity (Wildman–Crippen MR) is 137 cm³/mol. The van der Waals surface area contributed by atoms with Crippen molar-refractivity contribution in [2.24, 2.45) is 0 Å². The lowest BCUT2D eigenvalue weighted by Gasteiger charge is -2.27. The summed E-state index contributed by atoms with van der Waals surface area (Å²) in [6.07, 6.45) is 0. The maximum absolute atomic E-state index is 13.6. The second kappa shape index (κ2) is 8.60. The van der Waals surface area contributed by atoms with E-state index in [1.54, 1.807) is 22.6 Å². The SMILES string of the molecule is Cc1ccccc1-n1c(C(C)N(C)C(=O)c2ccc3ccccc3c2)nc2ccccc2c1=O. The van der Waals surface area contributed by atoms with Crippen LogP contribution in [0.25, 0.3) is 27.4 Å². The maximum atomic E-state index is 13.6. The molecule has 0 spiro atoms. The van der Waals surface area contributed by atoms with Crippen molar-refractivity contribution in [3.63, 3.8) is 0 Å². The summed E-state index contributed by atoms with van der Waals surface area (Å²) in [4.78, 5) is 33.6. The third-order valence-corrected chi connectivity index (χ3v) is 6.43. The molecule has 0 aliphatic carbocycles. The largest absolute Gasteiger partial charge is 0.332 e.